The Labute approximate surface area is 156 Å². The molecule has 0 spiro atoms. The largest absolute Gasteiger partial charge is 0.399 e. The van der Waals surface area contributed by atoms with E-state index in [1.54, 1.807) is 16.7 Å². The molecule has 6 rings (SSSR count). The van der Waals surface area contributed by atoms with Crippen LogP contribution in [0.3, 0.4) is 0 Å². The van der Waals surface area contributed by atoms with Gasteiger partial charge in [-0.1, -0.05) is 74.7 Å². The van der Waals surface area contributed by atoms with Crippen LogP contribution in [0.15, 0.2) is 60.2 Å². The highest BCUT2D eigenvalue weighted by Gasteiger charge is 2.73. The van der Waals surface area contributed by atoms with Crippen LogP contribution < -0.4 is 5.73 Å². The summed E-state index contributed by atoms with van der Waals surface area (Å²) >= 11 is 0. The summed E-state index contributed by atoms with van der Waals surface area (Å²) in [6.07, 6.45) is 11.1. The maximum Gasteiger partial charge on any atom is 0.0317 e. The van der Waals surface area contributed by atoms with Gasteiger partial charge in [0.15, 0.2) is 0 Å². The van der Waals surface area contributed by atoms with Gasteiger partial charge in [-0.05, 0) is 59.2 Å². The quantitative estimate of drug-likeness (QED) is 0.648. The van der Waals surface area contributed by atoms with E-state index in [4.69, 9.17) is 5.73 Å². The molecule has 2 N–H and O–H groups in total. The Kier molecular flexibility index (Phi) is 3.28. The van der Waals surface area contributed by atoms with Crippen molar-refractivity contribution in [3.8, 4) is 0 Å². The van der Waals surface area contributed by atoms with Crippen molar-refractivity contribution in [3.63, 3.8) is 0 Å². The number of hydrogen-bond acceptors (Lipinski definition) is 1. The van der Waals surface area contributed by atoms with E-state index in [1.165, 1.54) is 42.4 Å². The third-order valence-corrected chi connectivity index (χ3v) is 7.02. The number of unbranched alkanes of at least 4 members (excludes halogenated alkanes) is 1. The van der Waals surface area contributed by atoms with Crippen LogP contribution in [0.4, 0.5) is 5.69 Å². The number of fused-ring (bicyclic) bond motifs is 3. The maximum absolute atomic E-state index is 6.00. The zero-order chi connectivity index (χ0) is 17.9. The third kappa shape index (κ3) is 1.86. The summed E-state index contributed by atoms with van der Waals surface area (Å²) in [5.74, 6) is 0. The molecule has 0 heterocycles. The van der Waals surface area contributed by atoms with Crippen LogP contribution in [-0.4, -0.2) is 0 Å². The average Bonchev–Trinajstić information content (AvgIpc) is 3.05. The summed E-state index contributed by atoms with van der Waals surface area (Å²) in [7, 11) is 0. The van der Waals surface area contributed by atoms with Gasteiger partial charge in [0.2, 0.25) is 0 Å². The van der Waals surface area contributed by atoms with Crippen molar-refractivity contribution in [1.82, 2.24) is 0 Å². The second-order valence-corrected chi connectivity index (χ2v) is 8.38. The Hall–Kier alpha value is -2.28. The number of hydrogen-bond donors (Lipinski definition) is 1. The number of nitrogens with two attached hydrogens (primary N) is 1. The highest BCUT2D eigenvalue weighted by atomic mass is 14.8. The molecule has 0 aromatic heterocycles. The summed E-state index contributed by atoms with van der Waals surface area (Å²) in [4.78, 5) is 0. The summed E-state index contributed by atoms with van der Waals surface area (Å²) in [5, 5.41) is 0. The van der Waals surface area contributed by atoms with Gasteiger partial charge in [0, 0.05) is 16.5 Å². The minimum atomic E-state index is 0.302. The fourth-order valence-electron chi connectivity index (χ4n) is 5.54. The minimum absolute atomic E-state index is 0.302. The summed E-state index contributed by atoms with van der Waals surface area (Å²) in [6.45, 7) is 4.36. The van der Waals surface area contributed by atoms with Gasteiger partial charge in [-0.25, -0.2) is 0 Å². The first-order chi connectivity index (χ1) is 12.6. The zero-order valence-corrected chi connectivity index (χ0v) is 15.8. The van der Waals surface area contributed by atoms with Gasteiger partial charge < -0.3 is 5.73 Å². The fourth-order valence-corrected chi connectivity index (χ4v) is 5.54. The molecule has 0 amide bonds. The number of nitrogen functional groups attached to an aromatic ring is 1. The molecule has 0 saturated heterocycles. The van der Waals surface area contributed by atoms with E-state index in [0.717, 1.165) is 12.1 Å². The van der Waals surface area contributed by atoms with Crippen LogP contribution >= 0.6 is 0 Å². The van der Waals surface area contributed by atoms with Crippen molar-refractivity contribution in [1.29, 1.82) is 0 Å². The van der Waals surface area contributed by atoms with Gasteiger partial charge in [-0.15, -0.1) is 0 Å². The first kappa shape index (κ1) is 15.9. The highest BCUT2D eigenvalue weighted by molar-refractivity contribution is 5.89. The smallest absolute Gasteiger partial charge is 0.0317 e. The summed E-state index contributed by atoms with van der Waals surface area (Å²) < 4.78 is 0. The predicted octanol–water partition coefficient (Wildman–Crippen LogP) is 5.84. The van der Waals surface area contributed by atoms with E-state index in [2.05, 4.69) is 62.4 Å². The molecule has 132 valence electrons. The molecule has 0 bridgehead atoms. The van der Waals surface area contributed by atoms with Crippen LogP contribution in [0.2, 0.25) is 0 Å². The molecule has 1 saturated carbocycles. The van der Waals surface area contributed by atoms with E-state index in [0.29, 0.717) is 10.8 Å². The lowest BCUT2D eigenvalue weighted by molar-refractivity contribution is 0.562. The van der Waals surface area contributed by atoms with Crippen molar-refractivity contribution < 1.29 is 0 Å². The average molecular weight is 341 g/mol. The molecule has 1 nitrogen and oxygen atoms in total. The third-order valence-electron chi connectivity index (χ3n) is 7.02. The van der Waals surface area contributed by atoms with Gasteiger partial charge in [0.05, 0.1) is 0 Å². The lowest BCUT2D eigenvalue weighted by atomic mass is 9.80. The lowest BCUT2D eigenvalue weighted by Gasteiger charge is -2.23. The van der Waals surface area contributed by atoms with Gasteiger partial charge >= 0.3 is 0 Å². The van der Waals surface area contributed by atoms with Crippen LogP contribution in [0.5, 0.6) is 0 Å². The Morgan fingerprint density at radius 2 is 1.81 bits per heavy atom. The summed E-state index contributed by atoms with van der Waals surface area (Å²) in [5.41, 5.74) is 16.7. The molecule has 2 atom stereocenters. The second kappa shape index (κ2) is 5.36. The van der Waals surface area contributed by atoms with E-state index < -0.39 is 0 Å². The molecule has 2 aromatic rings. The number of benzene rings is 2. The first-order valence-corrected chi connectivity index (χ1v) is 10.1. The zero-order valence-electron chi connectivity index (χ0n) is 15.8. The standard InChI is InChI=1S/C21H17N.C4H10/c22-15-5-6-16-14(9-15)10-19-17(16)7-8-20-12-21(19,20)11-13-3-1-2-4-18(13)20;1-3-4-2/h1-9H,10-12,22H2;3-4H2,1-2H3. The minimum Gasteiger partial charge on any atom is -0.399 e. The molecular weight excluding hydrogens is 314 g/mol. The van der Waals surface area contributed by atoms with Crippen molar-refractivity contribution in [3.05, 3.63) is 82.4 Å². The van der Waals surface area contributed by atoms with Crippen molar-refractivity contribution in [2.75, 3.05) is 5.73 Å². The first-order valence-electron chi connectivity index (χ1n) is 10.1. The van der Waals surface area contributed by atoms with Crippen LogP contribution in [0, 0.1) is 5.41 Å². The molecule has 2 aromatic carbocycles. The Morgan fingerprint density at radius 1 is 1.00 bits per heavy atom. The molecule has 1 heteroatoms. The molecule has 4 aliphatic rings. The number of anilines is 1. The number of rotatable bonds is 1. The van der Waals surface area contributed by atoms with Gasteiger partial charge in [-0.3, -0.25) is 0 Å². The van der Waals surface area contributed by atoms with E-state index in [9.17, 15) is 0 Å². The predicted molar refractivity (Wildman–Crippen MR) is 110 cm³/mol. The number of allylic oxidation sites excluding steroid dienone is 4. The van der Waals surface area contributed by atoms with E-state index in [1.807, 2.05) is 6.07 Å². The molecule has 1 fully saturated rings. The van der Waals surface area contributed by atoms with Gasteiger partial charge in [0.1, 0.15) is 0 Å². The van der Waals surface area contributed by atoms with Crippen molar-refractivity contribution >= 4 is 11.3 Å². The normalized spacial score (nSPS) is 28.4. The van der Waals surface area contributed by atoms with Crippen LogP contribution in [0.25, 0.3) is 5.57 Å². The van der Waals surface area contributed by atoms with E-state index in [-0.39, 0.29) is 0 Å². The second-order valence-electron chi connectivity index (χ2n) is 8.38. The molecular formula is C25H27N. The van der Waals surface area contributed by atoms with Crippen LogP contribution in [-0.2, 0) is 18.3 Å². The lowest BCUT2D eigenvalue weighted by Crippen LogP contribution is -2.17. The van der Waals surface area contributed by atoms with Crippen LogP contribution in [0.1, 0.15) is 55.4 Å². The maximum atomic E-state index is 6.00. The molecule has 2 unspecified atom stereocenters. The SMILES string of the molecule is CCCC.Nc1ccc2c(c1)CC1=C2C=CC23CC12Cc1ccccc13. The van der Waals surface area contributed by atoms with Crippen molar-refractivity contribution in [2.45, 2.75) is 51.4 Å². The Morgan fingerprint density at radius 3 is 2.62 bits per heavy atom. The van der Waals surface area contributed by atoms with E-state index >= 15 is 0 Å². The topological polar surface area (TPSA) is 26.0 Å². The Bertz CT molecular complexity index is 962. The van der Waals surface area contributed by atoms with Gasteiger partial charge in [-0.2, -0.15) is 0 Å². The summed E-state index contributed by atoms with van der Waals surface area (Å²) in [6, 6.07) is 15.5. The fraction of sp³-hybridized carbons (Fsp3) is 0.360. The molecule has 4 aliphatic carbocycles. The molecule has 0 aliphatic heterocycles. The Balaban J connectivity index is 0.000000344. The van der Waals surface area contributed by atoms with Gasteiger partial charge in [0.25, 0.3) is 0 Å². The monoisotopic (exact) mass is 341 g/mol. The molecule has 0 radical (unpaired) electrons. The molecule has 26 heavy (non-hydrogen) atoms. The van der Waals surface area contributed by atoms with Crippen molar-refractivity contribution in [2.24, 2.45) is 5.41 Å². The highest BCUT2D eigenvalue weighted by Crippen LogP contribution is 2.78.